The van der Waals surface area contributed by atoms with Crippen LogP contribution in [0.2, 0.25) is 0 Å². The maximum Gasteiger partial charge on any atom is 0.261 e. The SMILES string of the molecule is COc1ccc(-n2nc(C)c3c(NCCNC(=O)c4cccs4)nc(C4CC4)nc32)cc1. The first-order valence-corrected chi connectivity index (χ1v) is 11.5. The van der Waals surface area contributed by atoms with Crippen LogP contribution in [0.5, 0.6) is 5.75 Å². The number of ether oxygens (including phenoxy) is 1. The molecule has 8 nitrogen and oxygen atoms in total. The molecule has 1 aliphatic carbocycles. The third-order valence-corrected chi connectivity index (χ3v) is 6.30. The molecule has 32 heavy (non-hydrogen) atoms. The van der Waals surface area contributed by atoms with Gasteiger partial charge in [-0.2, -0.15) is 5.10 Å². The summed E-state index contributed by atoms with van der Waals surface area (Å²) in [5, 5.41) is 13.9. The second-order valence-electron chi connectivity index (χ2n) is 7.76. The Morgan fingerprint density at radius 1 is 1.19 bits per heavy atom. The quantitative estimate of drug-likeness (QED) is 0.397. The zero-order valence-electron chi connectivity index (χ0n) is 18.0. The molecule has 0 radical (unpaired) electrons. The number of nitrogens with zero attached hydrogens (tertiary/aromatic N) is 4. The highest BCUT2D eigenvalue weighted by molar-refractivity contribution is 7.12. The normalized spacial score (nSPS) is 13.3. The maximum absolute atomic E-state index is 12.2. The predicted molar refractivity (Wildman–Crippen MR) is 125 cm³/mol. The second-order valence-corrected chi connectivity index (χ2v) is 8.71. The number of fused-ring (bicyclic) bond motifs is 1. The van der Waals surface area contributed by atoms with Gasteiger partial charge < -0.3 is 15.4 Å². The van der Waals surface area contributed by atoms with Crippen LogP contribution in [0.3, 0.4) is 0 Å². The number of hydrogen-bond acceptors (Lipinski definition) is 7. The highest BCUT2D eigenvalue weighted by atomic mass is 32.1. The lowest BCUT2D eigenvalue weighted by molar-refractivity contribution is 0.0959. The minimum atomic E-state index is -0.0585. The van der Waals surface area contributed by atoms with Crippen molar-refractivity contribution in [2.24, 2.45) is 0 Å². The van der Waals surface area contributed by atoms with E-state index in [0.29, 0.717) is 23.9 Å². The zero-order valence-corrected chi connectivity index (χ0v) is 18.8. The van der Waals surface area contributed by atoms with Gasteiger partial charge >= 0.3 is 0 Å². The van der Waals surface area contributed by atoms with Crippen molar-refractivity contribution in [3.8, 4) is 11.4 Å². The van der Waals surface area contributed by atoms with Crippen LogP contribution in [0.1, 0.15) is 39.9 Å². The zero-order chi connectivity index (χ0) is 22.1. The predicted octanol–water partition coefficient (Wildman–Crippen LogP) is 3.91. The maximum atomic E-state index is 12.2. The van der Waals surface area contributed by atoms with E-state index in [2.05, 4.69) is 10.6 Å². The largest absolute Gasteiger partial charge is 0.497 e. The monoisotopic (exact) mass is 448 g/mol. The molecule has 0 bridgehead atoms. The molecule has 1 aromatic carbocycles. The summed E-state index contributed by atoms with van der Waals surface area (Å²) in [5.74, 6) is 2.74. The topological polar surface area (TPSA) is 94.0 Å². The average molecular weight is 449 g/mol. The summed E-state index contributed by atoms with van der Waals surface area (Å²) in [6.45, 7) is 3.01. The molecule has 0 spiro atoms. The van der Waals surface area contributed by atoms with Gasteiger partial charge in [0.15, 0.2) is 5.65 Å². The molecule has 0 aliphatic heterocycles. The molecule has 164 valence electrons. The molecule has 1 fully saturated rings. The van der Waals surface area contributed by atoms with Gasteiger partial charge in [0.2, 0.25) is 0 Å². The number of carbonyl (C=O) groups excluding carboxylic acids is 1. The lowest BCUT2D eigenvalue weighted by atomic mass is 10.2. The Morgan fingerprint density at radius 2 is 2.00 bits per heavy atom. The molecule has 2 N–H and O–H groups in total. The average Bonchev–Trinajstić information content (AvgIpc) is 3.41. The van der Waals surface area contributed by atoms with E-state index in [1.165, 1.54) is 11.3 Å². The van der Waals surface area contributed by atoms with Gasteiger partial charge in [-0.3, -0.25) is 4.79 Å². The van der Waals surface area contributed by atoms with Gasteiger partial charge in [0.1, 0.15) is 17.4 Å². The first-order valence-electron chi connectivity index (χ1n) is 10.6. The highest BCUT2D eigenvalue weighted by Crippen LogP contribution is 2.40. The number of methoxy groups -OCH3 is 1. The lowest BCUT2D eigenvalue weighted by Crippen LogP contribution is -2.28. The van der Waals surface area contributed by atoms with Crippen molar-refractivity contribution in [3.05, 3.63) is 58.2 Å². The summed E-state index contributed by atoms with van der Waals surface area (Å²) in [4.78, 5) is 22.6. The minimum Gasteiger partial charge on any atom is -0.497 e. The Hall–Kier alpha value is -3.46. The Labute approximate surface area is 189 Å². The number of aromatic nitrogens is 4. The van der Waals surface area contributed by atoms with E-state index in [9.17, 15) is 4.79 Å². The summed E-state index contributed by atoms with van der Waals surface area (Å²) in [6, 6.07) is 11.5. The number of amides is 1. The van der Waals surface area contributed by atoms with Gasteiger partial charge in [-0.25, -0.2) is 14.6 Å². The Balaban J connectivity index is 1.41. The standard InChI is InChI=1S/C23H24N6O2S/c1-14-19-21(24-11-12-25-23(30)18-4-3-13-32-18)26-20(15-5-6-15)27-22(19)29(28-14)16-7-9-17(31-2)10-8-16/h3-4,7-10,13,15H,5-6,11-12H2,1-2H3,(H,25,30)(H,24,26,27). The number of rotatable bonds is 8. The van der Waals surface area contributed by atoms with E-state index in [4.69, 9.17) is 19.8 Å². The number of thiophene rings is 1. The fourth-order valence-corrected chi connectivity index (χ4v) is 4.25. The number of anilines is 1. The van der Waals surface area contributed by atoms with Crippen molar-refractivity contribution in [1.29, 1.82) is 0 Å². The molecule has 5 rings (SSSR count). The van der Waals surface area contributed by atoms with Crippen molar-refractivity contribution in [2.75, 3.05) is 25.5 Å². The molecule has 3 aromatic heterocycles. The Bertz CT molecular complexity index is 1250. The van der Waals surface area contributed by atoms with Crippen molar-refractivity contribution in [3.63, 3.8) is 0 Å². The molecule has 4 aromatic rings. The molecule has 0 atom stereocenters. The van der Waals surface area contributed by atoms with E-state index in [1.807, 2.05) is 53.4 Å². The number of aryl methyl sites for hydroxylation is 1. The smallest absolute Gasteiger partial charge is 0.261 e. The van der Waals surface area contributed by atoms with Crippen LogP contribution in [0.4, 0.5) is 5.82 Å². The van der Waals surface area contributed by atoms with Crippen LogP contribution in [-0.4, -0.2) is 45.9 Å². The van der Waals surface area contributed by atoms with E-state index < -0.39 is 0 Å². The highest BCUT2D eigenvalue weighted by Gasteiger charge is 2.29. The minimum absolute atomic E-state index is 0.0585. The summed E-state index contributed by atoms with van der Waals surface area (Å²) in [7, 11) is 1.65. The Morgan fingerprint density at radius 3 is 2.69 bits per heavy atom. The van der Waals surface area contributed by atoms with Crippen LogP contribution in [0.15, 0.2) is 41.8 Å². The van der Waals surface area contributed by atoms with Crippen LogP contribution >= 0.6 is 11.3 Å². The molecule has 1 amide bonds. The summed E-state index contributed by atoms with van der Waals surface area (Å²) in [5.41, 5.74) is 2.55. The third kappa shape index (κ3) is 4.03. The van der Waals surface area contributed by atoms with Crippen molar-refractivity contribution < 1.29 is 9.53 Å². The van der Waals surface area contributed by atoms with E-state index in [0.717, 1.165) is 52.6 Å². The molecule has 9 heteroatoms. The number of benzene rings is 1. The van der Waals surface area contributed by atoms with Gasteiger partial charge in [-0.05, 0) is 55.5 Å². The molecular weight excluding hydrogens is 424 g/mol. The third-order valence-electron chi connectivity index (χ3n) is 5.43. The van der Waals surface area contributed by atoms with Crippen LogP contribution in [0, 0.1) is 6.92 Å². The molecule has 0 unspecified atom stereocenters. The van der Waals surface area contributed by atoms with Crippen molar-refractivity contribution >= 4 is 34.1 Å². The molecule has 0 saturated heterocycles. The lowest BCUT2D eigenvalue weighted by Gasteiger charge is -2.10. The van der Waals surface area contributed by atoms with Crippen molar-refractivity contribution in [1.82, 2.24) is 25.1 Å². The molecule has 1 aliphatic rings. The first-order chi connectivity index (χ1) is 15.6. The summed E-state index contributed by atoms with van der Waals surface area (Å²) >= 11 is 1.43. The van der Waals surface area contributed by atoms with Gasteiger partial charge in [-0.15, -0.1) is 11.3 Å². The molecule has 1 saturated carbocycles. The summed E-state index contributed by atoms with van der Waals surface area (Å²) < 4.78 is 7.14. The summed E-state index contributed by atoms with van der Waals surface area (Å²) in [6.07, 6.45) is 2.22. The van der Waals surface area contributed by atoms with Crippen LogP contribution in [-0.2, 0) is 0 Å². The molecular formula is C23H24N6O2S. The van der Waals surface area contributed by atoms with E-state index in [1.54, 1.807) is 7.11 Å². The fraction of sp³-hybridized carbons (Fsp3) is 0.304. The van der Waals surface area contributed by atoms with Crippen molar-refractivity contribution in [2.45, 2.75) is 25.7 Å². The van der Waals surface area contributed by atoms with E-state index in [-0.39, 0.29) is 5.91 Å². The second kappa shape index (κ2) is 8.58. The number of hydrogen-bond donors (Lipinski definition) is 2. The van der Waals surface area contributed by atoms with Crippen LogP contribution < -0.4 is 15.4 Å². The van der Waals surface area contributed by atoms with Gasteiger partial charge in [-0.1, -0.05) is 6.07 Å². The Kier molecular flexibility index (Phi) is 5.48. The fourth-order valence-electron chi connectivity index (χ4n) is 3.61. The van der Waals surface area contributed by atoms with Gasteiger partial charge in [0.05, 0.1) is 28.8 Å². The van der Waals surface area contributed by atoms with Gasteiger partial charge in [0.25, 0.3) is 5.91 Å². The van der Waals surface area contributed by atoms with Crippen LogP contribution in [0.25, 0.3) is 16.7 Å². The van der Waals surface area contributed by atoms with Gasteiger partial charge in [0, 0.05) is 19.0 Å². The number of nitrogens with one attached hydrogen (secondary N) is 2. The van der Waals surface area contributed by atoms with E-state index >= 15 is 0 Å². The number of carbonyl (C=O) groups is 1. The first kappa shape index (κ1) is 20.4. The molecule has 3 heterocycles.